The average Bonchev–Trinajstić information content (AvgIpc) is 3.06. The lowest BCUT2D eigenvalue weighted by Gasteiger charge is -2.32. The fraction of sp³-hybridized carbons (Fsp3) is 0.333. The molecule has 27 heavy (non-hydrogen) atoms. The zero-order valence-corrected chi connectivity index (χ0v) is 15.5. The first-order chi connectivity index (χ1) is 13.3. The minimum Gasteiger partial charge on any atom is -0.496 e. The van der Waals surface area contributed by atoms with E-state index in [1.54, 1.807) is 7.11 Å². The van der Waals surface area contributed by atoms with Crippen molar-refractivity contribution in [1.82, 2.24) is 19.4 Å². The van der Waals surface area contributed by atoms with Crippen molar-refractivity contribution in [3.05, 3.63) is 59.9 Å². The Balaban J connectivity index is 1.64. The summed E-state index contributed by atoms with van der Waals surface area (Å²) in [5.41, 5.74) is 3.27. The van der Waals surface area contributed by atoms with Gasteiger partial charge in [0, 0.05) is 31.7 Å². The molecule has 140 valence electrons. The molecule has 1 aromatic heterocycles. The van der Waals surface area contributed by atoms with E-state index >= 15 is 0 Å². The molecule has 2 aromatic carbocycles. The second kappa shape index (κ2) is 7.80. The number of imidazole rings is 1. The van der Waals surface area contributed by atoms with Gasteiger partial charge in [-0.1, -0.05) is 30.3 Å². The first-order valence-electron chi connectivity index (χ1n) is 9.26. The lowest BCUT2D eigenvalue weighted by atomic mass is 10.2. The van der Waals surface area contributed by atoms with Crippen molar-refractivity contribution >= 4 is 17.4 Å². The van der Waals surface area contributed by atoms with Gasteiger partial charge in [-0.2, -0.15) is 0 Å². The first kappa shape index (κ1) is 17.5. The number of benzene rings is 2. The maximum Gasteiger partial charge on any atom is 0.209 e. The van der Waals surface area contributed by atoms with Crippen LogP contribution in [0, 0.1) is 0 Å². The highest BCUT2D eigenvalue weighted by Gasteiger charge is 2.19. The summed E-state index contributed by atoms with van der Waals surface area (Å²) in [7, 11) is 1.71. The number of para-hydroxylation sites is 3. The van der Waals surface area contributed by atoms with E-state index in [-0.39, 0.29) is 0 Å². The summed E-state index contributed by atoms with van der Waals surface area (Å²) in [5.74, 6) is 1.93. The van der Waals surface area contributed by atoms with Gasteiger partial charge in [-0.05, 0) is 18.2 Å². The first-order valence-corrected chi connectivity index (χ1v) is 9.26. The number of aromatic nitrogens is 2. The van der Waals surface area contributed by atoms with Crippen LogP contribution in [-0.4, -0.2) is 59.0 Å². The Morgan fingerprint density at radius 2 is 1.74 bits per heavy atom. The van der Waals surface area contributed by atoms with Crippen molar-refractivity contribution in [3.8, 4) is 5.75 Å². The van der Waals surface area contributed by atoms with E-state index in [4.69, 9.17) is 9.72 Å². The number of fused-ring (bicyclic) bond motifs is 1. The van der Waals surface area contributed by atoms with E-state index in [1.807, 2.05) is 29.2 Å². The number of amides is 1. The van der Waals surface area contributed by atoms with Crippen molar-refractivity contribution < 1.29 is 9.53 Å². The average molecular weight is 364 g/mol. The summed E-state index contributed by atoms with van der Waals surface area (Å²) in [6.07, 6.45) is 0.939. The van der Waals surface area contributed by atoms with E-state index in [0.717, 1.165) is 67.3 Å². The number of carbonyl (C=O) groups is 1. The minimum atomic E-state index is 0.716. The highest BCUT2D eigenvalue weighted by molar-refractivity contribution is 5.76. The van der Waals surface area contributed by atoms with Gasteiger partial charge in [-0.15, -0.1) is 0 Å². The summed E-state index contributed by atoms with van der Waals surface area (Å²) in [6.45, 7) is 4.78. The maximum absolute atomic E-state index is 10.9. The van der Waals surface area contributed by atoms with Crippen molar-refractivity contribution in [1.29, 1.82) is 0 Å². The predicted octanol–water partition coefficient (Wildman–Crippen LogP) is 2.37. The molecular formula is C21H24N4O2. The minimum absolute atomic E-state index is 0.716. The van der Waals surface area contributed by atoms with Gasteiger partial charge in [-0.25, -0.2) is 4.98 Å². The molecule has 2 heterocycles. The molecule has 1 aliphatic heterocycles. The molecule has 6 nitrogen and oxygen atoms in total. The van der Waals surface area contributed by atoms with E-state index in [9.17, 15) is 4.79 Å². The molecule has 0 bridgehead atoms. The quantitative estimate of drug-likeness (QED) is 0.630. The van der Waals surface area contributed by atoms with Crippen LogP contribution in [0.5, 0.6) is 5.75 Å². The van der Waals surface area contributed by atoms with Gasteiger partial charge in [0.15, 0.2) is 0 Å². The Morgan fingerprint density at radius 3 is 2.52 bits per heavy atom. The van der Waals surface area contributed by atoms with Gasteiger partial charge in [0.05, 0.1) is 31.2 Å². The molecule has 1 fully saturated rings. The lowest BCUT2D eigenvalue weighted by Crippen LogP contribution is -2.45. The van der Waals surface area contributed by atoms with Gasteiger partial charge in [0.1, 0.15) is 11.6 Å². The fourth-order valence-corrected chi connectivity index (χ4v) is 3.65. The van der Waals surface area contributed by atoms with Gasteiger partial charge >= 0.3 is 0 Å². The molecule has 0 saturated carbocycles. The molecular weight excluding hydrogens is 340 g/mol. The monoisotopic (exact) mass is 364 g/mol. The molecule has 1 aliphatic rings. The van der Waals surface area contributed by atoms with Crippen LogP contribution in [0.25, 0.3) is 11.0 Å². The van der Waals surface area contributed by atoms with Gasteiger partial charge in [-0.3, -0.25) is 9.69 Å². The number of nitrogens with zero attached hydrogens (tertiary/aromatic N) is 4. The Kier molecular flexibility index (Phi) is 5.07. The Hall–Kier alpha value is -2.86. The van der Waals surface area contributed by atoms with E-state index in [1.165, 1.54) is 0 Å². The van der Waals surface area contributed by atoms with Crippen LogP contribution in [-0.2, 0) is 17.9 Å². The van der Waals surface area contributed by atoms with Crippen molar-refractivity contribution in [2.45, 2.75) is 13.1 Å². The van der Waals surface area contributed by atoms with Crippen molar-refractivity contribution in [2.75, 3.05) is 33.3 Å². The third-order valence-corrected chi connectivity index (χ3v) is 5.18. The molecule has 0 unspecified atom stereocenters. The molecule has 0 spiro atoms. The van der Waals surface area contributed by atoms with Crippen LogP contribution < -0.4 is 4.74 Å². The summed E-state index contributed by atoms with van der Waals surface area (Å²) in [6, 6.07) is 16.4. The summed E-state index contributed by atoms with van der Waals surface area (Å²) < 4.78 is 7.81. The highest BCUT2D eigenvalue weighted by Crippen LogP contribution is 2.24. The van der Waals surface area contributed by atoms with Crippen LogP contribution in [0.1, 0.15) is 11.4 Å². The molecule has 0 atom stereocenters. The van der Waals surface area contributed by atoms with Gasteiger partial charge < -0.3 is 14.2 Å². The maximum atomic E-state index is 10.9. The van der Waals surface area contributed by atoms with Crippen LogP contribution >= 0.6 is 0 Å². The van der Waals surface area contributed by atoms with Crippen molar-refractivity contribution in [2.24, 2.45) is 0 Å². The van der Waals surface area contributed by atoms with Crippen LogP contribution in [0.15, 0.2) is 48.5 Å². The van der Waals surface area contributed by atoms with E-state index < -0.39 is 0 Å². The van der Waals surface area contributed by atoms with Gasteiger partial charge in [0.2, 0.25) is 6.41 Å². The molecule has 3 aromatic rings. The molecule has 1 saturated heterocycles. The van der Waals surface area contributed by atoms with Crippen molar-refractivity contribution in [3.63, 3.8) is 0 Å². The summed E-state index contributed by atoms with van der Waals surface area (Å²) >= 11 is 0. The number of methoxy groups -OCH3 is 1. The summed E-state index contributed by atoms with van der Waals surface area (Å²) in [5, 5.41) is 0. The number of piperazine rings is 1. The normalized spacial score (nSPS) is 15.2. The highest BCUT2D eigenvalue weighted by atomic mass is 16.5. The fourth-order valence-electron chi connectivity index (χ4n) is 3.65. The standard InChI is InChI=1S/C21H24N4O2/c1-27-20-9-5-2-6-17(20)14-25-19-8-4-3-7-18(19)22-21(25)15-23-10-12-24(16-26)13-11-23/h2-9,16H,10-15H2,1H3. The molecule has 0 N–H and O–H groups in total. The second-order valence-corrected chi connectivity index (χ2v) is 6.83. The van der Waals surface area contributed by atoms with Crippen LogP contribution in [0.4, 0.5) is 0 Å². The number of carbonyl (C=O) groups excluding carboxylic acids is 1. The number of hydrogen-bond acceptors (Lipinski definition) is 4. The summed E-state index contributed by atoms with van der Waals surface area (Å²) in [4.78, 5) is 20.0. The molecule has 0 radical (unpaired) electrons. The second-order valence-electron chi connectivity index (χ2n) is 6.83. The largest absolute Gasteiger partial charge is 0.496 e. The SMILES string of the molecule is COc1ccccc1Cn1c(CN2CCN(C=O)CC2)nc2ccccc21. The molecule has 4 rings (SSSR count). The third-order valence-electron chi connectivity index (χ3n) is 5.18. The smallest absolute Gasteiger partial charge is 0.209 e. The lowest BCUT2D eigenvalue weighted by molar-refractivity contribution is -0.119. The van der Waals surface area contributed by atoms with Crippen LogP contribution in [0.3, 0.4) is 0 Å². The zero-order valence-electron chi connectivity index (χ0n) is 15.5. The Labute approximate surface area is 159 Å². The molecule has 1 amide bonds. The molecule has 6 heteroatoms. The number of ether oxygens (including phenoxy) is 1. The van der Waals surface area contributed by atoms with Gasteiger partial charge in [0.25, 0.3) is 0 Å². The Bertz CT molecular complexity index is 929. The zero-order chi connectivity index (χ0) is 18.6. The van der Waals surface area contributed by atoms with E-state index in [2.05, 4.69) is 33.7 Å². The number of rotatable bonds is 6. The van der Waals surface area contributed by atoms with E-state index in [0.29, 0.717) is 6.54 Å². The topological polar surface area (TPSA) is 50.6 Å². The Morgan fingerprint density at radius 1 is 1.00 bits per heavy atom. The predicted molar refractivity (Wildman–Crippen MR) is 105 cm³/mol. The number of hydrogen-bond donors (Lipinski definition) is 0. The molecule has 0 aliphatic carbocycles. The third kappa shape index (κ3) is 3.66. The van der Waals surface area contributed by atoms with Crippen LogP contribution in [0.2, 0.25) is 0 Å².